The molecule has 6 nitrogen and oxygen atoms in total. The van der Waals surface area contributed by atoms with Gasteiger partial charge in [-0.1, -0.05) is 6.07 Å². The van der Waals surface area contributed by atoms with Crippen LogP contribution in [0.3, 0.4) is 0 Å². The molecule has 0 fully saturated rings. The minimum Gasteiger partial charge on any atom is -0.480 e. The van der Waals surface area contributed by atoms with Gasteiger partial charge in [0.2, 0.25) is 5.91 Å². The van der Waals surface area contributed by atoms with Gasteiger partial charge in [0.15, 0.2) is 0 Å². The van der Waals surface area contributed by atoms with Gasteiger partial charge in [0, 0.05) is 11.2 Å². The summed E-state index contributed by atoms with van der Waals surface area (Å²) in [6.45, 7) is 5.29. The lowest BCUT2D eigenvalue weighted by Crippen LogP contribution is -2.48. The van der Waals surface area contributed by atoms with Crippen LogP contribution in [0.2, 0.25) is 0 Å². The van der Waals surface area contributed by atoms with E-state index in [9.17, 15) is 9.59 Å². The molecular weight excluding hydrogens is 270 g/mol. The molecular formula is C15H19N3O3. The lowest BCUT2D eigenvalue weighted by atomic mass is 10.1. The monoisotopic (exact) mass is 289 g/mol. The van der Waals surface area contributed by atoms with Gasteiger partial charge in [0.25, 0.3) is 0 Å². The molecule has 0 saturated carbocycles. The number of carboxylic acid groups (broad SMARTS) is 1. The van der Waals surface area contributed by atoms with Crippen molar-refractivity contribution in [3.8, 4) is 6.07 Å². The Morgan fingerprint density at radius 1 is 1.33 bits per heavy atom. The van der Waals surface area contributed by atoms with E-state index in [1.54, 1.807) is 29.2 Å². The summed E-state index contributed by atoms with van der Waals surface area (Å²) in [5.41, 5.74) is 0.527. The summed E-state index contributed by atoms with van der Waals surface area (Å²) in [7, 11) is 0. The van der Waals surface area contributed by atoms with Gasteiger partial charge in [-0.15, -0.1) is 0 Å². The van der Waals surface area contributed by atoms with Crippen LogP contribution < -0.4 is 5.32 Å². The zero-order chi connectivity index (χ0) is 16.0. The smallest absolute Gasteiger partial charge is 0.317 e. The standard InChI is InChI=1S/C15H19N3O3/c1-15(2,3)18(10-14(20)21)9-13(19)17-12-6-4-5-11(7-12)8-16/h4-7H,9-10H2,1-3H3,(H,17,19)(H,20,21). The Morgan fingerprint density at radius 2 is 2.00 bits per heavy atom. The predicted octanol–water partition coefficient (Wildman–Crippen LogP) is 1.68. The van der Waals surface area contributed by atoms with E-state index in [1.807, 2.05) is 26.8 Å². The van der Waals surface area contributed by atoms with Gasteiger partial charge in [0.05, 0.1) is 24.7 Å². The van der Waals surface area contributed by atoms with Crippen molar-refractivity contribution in [2.75, 3.05) is 18.4 Å². The summed E-state index contributed by atoms with van der Waals surface area (Å²) in [4.78, 5) is 24.5. The van der Waals surface area contributed by atoms with Gasteiger partial charge in [0.1, 0.15) is 0 Å². The van der Waals surface area contributed by atoms with Gasteiger partial charge in [-0.25, -0.2) is 0 Å². The molecule has 0 atom stereocenters. The van der Waals surface area contributed by atoms with Crippen LogP contribution in [0, 0.1) is 11.3 Å². The first kappa shape index (κ1) is 16.7. The molecule has 0 radical (unpaired) electrons. The van der Waals surface area contributed by atoms with Gasteiger partial charge in [-0.2, -0.15) is 5.26 Å². The van der Waals surface area contributed by atoms with Crippen molar-refractivity contribution in [2.45, 2.75) is 26.3 Å². The van der Waals surface area contributed by atoms with Gasteiger partial charge in [-0.3, -0.25) is 14.5 Å². The summed E-state index contributed by atoms with van der Waals surface area (Å²) in [6, 6.07) is 8.55. The summed E-state index contributed by atoms with van der Waals surface area (Å²) in [5.74, 6) is -1.30. The quantitative estimate of drug-likeness (QED) is 0.860. The van der Waals surface area contributed by atoms with Crippen LogP contribution in [0.1, 0.15) is 26.3 Å². The molecule has 1 rings (SSSR count). The molecule has 0 aromatic heterocycles. The number of rotatable bonds is 5. The van der Waals surface area contributed by atoms with Crippen molar-refractivity contribution in [1.29, 1.82) is 5.26 Å². The van der Waals surface area contributed by atoms with Crippen molar-refractivity contribution in [3.63, 3.8) is 0 Å². The summed E-state index contributed by atoms with van der Waals surface area (Å²) >= 11 is 0. The van der Waals surface area contributed by atoms with Crippen molar-refractivity contribution in [1.82, 2.24) is 4.90 Å². The highest BCUT2D eigenvalue weighted by atomic mass is 16.4. The van der Waals surface area contributed by atoms with E-state index in [0.29, 0.717) is 11.3 Å². The molecule has 0 aliphatic rings. The zero-order valence-electron chi connectivity index (χ0n) is 12.4. The predicted molar refractivity (Wildman–Crippen MR) is 78.7 cm³/mol. The third kappa shape index (κ3) is 5.63. The molecule has 1 amide bonds. The molecule has 0 spiro atoms. The number of anilines is 1. The molecule has 6 heteroatoms. The van der Waals surface area contributed by atoms with Crippen molar-refractivity contribution < 1.29 is 14.7 Å². The van der Waals surface area contributed by atoms with E-state index in [2.05, 4.69) is 5.32 Å². The number of hydrogen-bond donors (Lipinski definition) is 2. The highest BCUT2D eigenvalue weighted by molar-refractivity contribution is 5.92. The van der Waals surface area contributed by atoms with Crippen molar-refractivity contribution >= 4 is 17.6 Å². The Bertz CT molecular complexity index is 570. The molecule has 1 aromatic rings. The average Bonchev–Trinajstić information content (AvgIpc) is 2.36. The Morgan fingerprint density at radius 3 is 2.52 bits per heavy atom. The van der Waals surface area contributed by atoms with E-state index < -0.39 is 11.5 Å². The van der Waals surface area contributed by atoms with E-state index in [0.717, 1.165) is 0 Å². The number of nitrogens with one attached hydrogen (secondary N) is 1. The Kier molecular flexibility index (Phi) is 5.44. The summed E-state index contributed by atoms with van der Waals surface area (Å²) < 4.78 is 0. The fourth-order valence-corrected chi connectivity index (χ4v) is 1.73. The molecule has 0 bridgehead atoms. The van der Waals surface area contributed by atoms with Gasteiger partial charge >= 0.3 is 5.97 Å². The lowest BCUT2D eigenvalue weighted by Gasteiger charge is -2.33. The molecule has 112 valence electrons. The fourth-order valence-electron chi connectivity index (χ4n) is 1.73. The van der Waals surface area contributed by atoms with E-state index >= 15 is 0 Å². The SMILES string of the molecule is CC(C)(C)N(CC(=O)O)CC(=O)Nc1cccc(C#N)c1. The minimum absolute atomic E-state index is 0.0351. The summed E-state index contributed by atoms with van der Waals surface area (Å²) in [5, 5.41) is 20.4. The maximum Gasteiger partial charge on any atom is 0.317 e. The minimum atomic E-state index is -0.982. The number of carbonyl (C=O) groups excluding carboxylic acids is 1. The molecule has 0 heterocycles. The molecule has 2 N–H and O–H groups in total. The Labute approximate surface area is 124 Å². The normalized spacial score (nSPS) is 11.0. The van der Waals surface area contributed by atoms with Gasteiger partial charge in [-0.05, 0) is 39.0 Å². The Balaban J connectivity index is 2.74. The molecule has 0 unspecified atom stereocenters. The zero-order valence-corrected chi connectivity index (χ0v) is 12.4. The molecule has 0 aliphatic carbocycles. The number of nitrogens with zero attached hydrogens (tertiary/aromatic N) is 2. The first-order chi connectivity index (χ1) is 9.72. The Hall–Kier alpha value is -2.39. The second-order valence-corrected chi connectivity index (χ2v) is 5.66. The number of amides is 1. The molecule has 1 aromatic carbocycles. The third-order valence-corrected chi connectivity index (χ3v) is 2.88. The highest BCUT2D eigenvalue weighted by Gasteiger charge is 2.25. The maximum absolute atomic E-state index is 12.0. The fraction of sp³-hybridized carbons (Fsp3) is 0.400. The van der Waals surface area contributed by atoms with Crippen LogP contribution in [-0.2, 0) is 9.59 Å². The number of aliphatic carboxylic acids is 1. The molecule has 21 heavy (non-hydrogen) atoms. The van der Waals surface area contributed by atoms with E-state index in [4.69, 9.17) is 10.4 Å². The second kappa shape index (κ2) is 6.86. The first-order valence-corrected chi connectivity index (χ1v) is 6.49. The van der Waals surface area contributed by atoms with Crippen LogP contribution in [0.4, 0.5) is 5.69 Å². The molecule has 0 saturated heterocycles. The number of nitriles is 1. The van der Waals surface area contributed by atoms with Crippen LogP contribution >= 0.6 is 0 Å². The number of carbonyl (C=O) groups is 2. The number of carboxylic acids is 1. The van der Waals surface area contributed by atoms with Crippen LogP contribution in [-0.4, -0.2) is 40.5 Å². The second-order valence-electron chi connectivity index (χ2n) is 5.66. The first-order valence-electron chi connectivity index (χ1n) is 6.49. The highest BCUT2D eigenvalue weighted by Crippen LogP contribution is 2.14. The largest absolute Gasteiger partial charge is 0.480 e. The van der Waals surface area contributed by atoms with Crippen molar-refractivity contribution in [2.24, 2.45) is 0 Å². The van der Waals surface area contributed by atoms with Crippen LogP contribution in [0.5, 0.6) is 0 Å². The van der Waals surface area contributed by atoms with Gasteiger partial charge < -0.3 is 10.4 Å². The van der Waals surface area contributed by atoms with E-state index in [1.165, 1.54) is 0 Å². The lowest BCUT2D eigenvalue weighted by molar-refractivity contribution is -0.140. The topological polar surface area (TPSA) is 93.4 Å². The number of benzene rings is 1. The molecule has 0 aliphatic heterocycles. The van der Waals surface area contributed by atoms with Crippen LogP contribution in [0.15, 0.2) is 24.3 Å². The third-order valence-electron chi connectivity index (χ3n) is 2.88. The summed E-state index contributed by atoms with van der Waals surface area (Å²) in [6.07, 6.45) is 0. The van der Waals surface area contributed by atoms with E-state index in [-0.39, 0.29) is 19.0 Å². The average molecular weight is 289 g/mol. The maximum atomic E-state index is 12.0. The number of hydrogen-bond acceptors (Lipinski definition) is 4. The van der Waals surface area contributed by atoms with Crippen LogP contribution in [0.25, 0.3) is 0 Å². The van der Waals surface area contributed by atoms with Crippen molar-refractivity contribution in [3.05, 3.63) is 29.8 Å².